The summed E-state index contributed by atoms with van der Waals surface area (Å²) in [6, 6.07) is 27.3. The first-order valence-electron chi connectivity index (χ1n) is 10.5. The molecule has 0 aromatic heterocycles. The van der Waals surface area contributed by atoms with Crippen molar-refractivity contribution in [3.05, 3.63) is 107 Å². The van der Waals surface area contributed by atoms with E-state index in [9.17, 15) is 4.79 Å². The summed E-state index contributed by atoms with van der Waals surface area (Å²) < 4.78 is 11.2. The Morgan fingerprint density at radius 3 is 2.53 bits per heavy atom. The molecule has 0 heterocycles. The lowest BCUT2D eigenvalue weighted by Crippen LogP contribution is -2.06. The predicted octanol–water partition coefficient (Wildman–Crippen LogP) is 6.86. The minimum atomic E-state index is -0.315. The summed E-state index contributed by atoms with van der Waals surface area (Å²) in [5, 5.41) is 6.42. The molecule has 0 aliphatic carbocycles. The van der Waals surface area contributed by atoms with E-state index in [1.807, 2.05) is 54.6 Å². The molecule has 0 atom stereocenters. The van der Waals surface area contributed by atoms with Crippen molar-refractivity contribution in [2.75, 3.05) is 11.9 Å². The van der Waals surface area contributed by atoms with Gasteiger partial charge in [0.05, 0.1) is 12.2 Å². The molecule has 0 unspecified atom stereocenters. The highest BCUT2D eigenvalue weighted by Gasteiger charge is 2.11. The Morgan fingerprint density at radius 2 is 1.75 bits per heavy atom. The number of hydrogen-bond donors (Lipinski definition) is 1. The molecule has 4 aromatic rings. The molecule has 0 fully saturated rings. The van der Waals surface area contributed by atoms with Gasteiger partial charge in [-0.2, -0.15) is 0 Å². The highest BCUT2D eigenvalue weighted by molar-refractivity contribution is 6.30. The molecule has 0 aliphatic rings. The number of halogens is 1. The zero-order chi connectivity index (χ0) is 22.3. The van der Waals surface area contributed by atoms with Crippen LogP contribution in [0.3, 0.4) is 0 Å². The molecule has 32 heavy (non-hydrogen) atoms. The number of ether oxygens (including phenoxy) is 2. The highest BCUT2D eigenvalue weighted by Crippen LogP contribution is 2.30. The molecule has 4 nitrogen and oxygen atoms in total. The molecule has 0 radical (unpaired) electrons. The zero-order valence-electron chi connectivity index (χ0n) is 17.8. The fourth-order valence-corrected chi connectivity index (χ4v) is 3.76. The topological polar surface area (TPSA) is 47.6 Å². The van der Waals surface area contributed by atoms with E-state index in [1.165, 1.54) is 0 Å². The molecule has 0 saturated carbocycles. The van der Waals surface area contributed by atoms with Crippen LogP contribution in [-0.4, -0.2) is 12.6 Å². The lowest BCUT2D eigenvalue weighted by Gasteiger charge is -2.16. The van der Waals surface area contributed by atoms with Gasteiger partial charge in [-0.25, -0.2) is 4.79 Å². The van der Waals surface area contributed by atoms with Crippen LogP contribution in [0.5, 0.6) is 5.75 Å². The van der Waals surface area contributed by atoms with E-state index in [1.54, 1.807) is 19.1 Å². The number of carbonyl (C=O) groups excluding carboxylic acids is 1. The lowest BCUT2D eigenvalue weighted by atomic mass is 10.0. The second kappa shape index (κ2) is 10.2. The maximum absolute atomic E-state index is 11.9. The zero-order valence-corrected chi connectivity index (χ0v) is 18.6. The van der Waals surface area contributed by atoms with Crippen LogP contribution >= 0.6 is 11.6 Å². The molecule has 5 heteroatoms. The minimum Gasteiger partial charge on any atom is -0.489 e. The normalized spacial score (nSPS) is 10.7. The quantitative estimate of drug-likeness (QED) is 0.301. The largest absolute Gasteiger partial charge is 0.489 e. The first kappa shape index (κ1) is 21.7. The van der Waals surface area contributed by atoms with Crippen LogP contribution in [0.2, 0.25) is 5.02 Å². The fraction of sp³-hybridized carbons (Fsp3) is 0.148. The average molecular weight is 446 g/mol. The predicted molar refractivity (Wildman–Crippen MR) is 129 cm³/mol. The standard InChI is InChI=1S/C27H24ClNO3/c1-2-31-27(30)21-10-13-23(14-11-21)29-17-25-24-9-4-3-7-20(24)12-15-26(25)32-18-19-6-5-8-22(28)16-19/h3-16,29H,2,17-18H2,1H3. The van der Waals surface area contributed by atoms with E-state index in [0.717, 1.165) is 33.3 Å². The molecule has 0 spiro atoms. The third-order valence-electron chi connectivity index (χ3n) is 5.15. The monoisotopic (exact) mass is 445 g/mol. The summed E-state index contributed by atoms with van der Waals surface area (Å²) >= 11 is 6.11. The molecule has 162 valence electrons. The van der Waals surface area contributed by atoms with Crippen molar-refractivity contribution >= 4 is 34.0 Å². The van der Waals surface area contributed by atoms with Gasteiger partial charge in [0.15, 0.2) is 0 Å². The van der Waals surface area contributed by atoms with E-state index in [4.69, 9.17) is 21.1 Å². The van der Waals surface area contributed by atoms with Gasteiger partial charge in [0.25, 0.3) is 0 Å². The van der Waals surface area contributed by atoms with Gasteiger partial charge >= 0.3 is 5.97 Å². The van der Waals surface area contributed by atoms with Gasteiger partial charge in [0.1, 0.15) is 12.4 Å². The average Bonchev–Trinajstić information content (AvgIpc) is 2.82. The number of rotatable bonds is 8. The van der Waals surface area contributed by atoms with Gasteiger partial charge in [0.2, 0.25) is 0 Å². The lowest BCUT2D eigenvalue weighted by molar-refractivity contribution is 0.0526. The van der Waals surface area contributed by atoms with E-state index >= 15 is 0 Å². The number of nitrogens with one attached hydrogen (secondary N) is 1. The van der Waals surface area contributed by atoms with Crippen molar-refractivity contribution in [3.63, 3.8) is 0 Å². The van der Waals surface area contributed by atoms with Gasteiger partial charge < -0.3 is 14.8 Å². The maximum atomic E-state index is 11.9. The molecule has 0 amide bonds. The molecular formula is C27H24ClNO3. The van der Waals surface area contributed by atoms with Gasteiger partial charge in [0, 0.05) is 22.8 Å². The summed E-state index contributed by atoms with van der Waals surface area (Å²) in [5.41, 5.74) is 3.53. The highest BCUT2D eigenvalue weighted by atomic mass is 35.5. The summed E-state index contributed by atoms with van der Waals surface area (Å²) in [6.07, 6.45) is 0. The Bertz CT molecular complexity index is 1220. The van der Waals surface area contributed by atoms with Gasteiger partial charge in [-0.15, -0.1) is 0 Å². The second-order valence-electron chi connectivity index (χ2n) is 7.33. The first-order valence-corrected chi connectivity index (χ1v) is 10.9. The van der Waals surface area contributed by atoms with E-state index in [-0.39, 0.29) is 5.97 Å². The number of fused-ring (bicyclic) bond motifs is 1. The minimum absolute atomic E-state index is 0.315. The number of esters is 1. The summed E-state index contributed by atoms with van der Waals surface area (Å²) in [6.45, 7) is 3.16. The van der Waals surface area contributed by atoms with Crippen LogP contribution in [0.4, 0.5) is 5.69 Å². The first-order chi connectivity index (χ1) is 15.6. The van der Waals surface area contributed by atoms with Crippen molar-refractivity contribution < 1.29 is 14.3 Å². The number of hydrogen-bond acceptors (Lipinski definition) is 4. The molecular weight excluding hydrogens is 422 g/mol. The van der Waals surface area contributed by atoms with Crippen LogP contribution in [0, 0.1) is 0 Å². The van der Waals surface area contributed by atoms with Gasteiger partial charge in [-0.1, -0.05) is 54.1 Å². The van der Waals surface area contributed by atoms with Crippen LogP contribution in [0.25, 0.3) is 10.8 Å². The Morgan fingerprint density at radius 1 is 0.938 bits per heavy atom. The van der Waals surface area contributed by atoms with Crippen molar-refractivity contribution in [2.24, 2.45) is 0 Å². The van der Waals surface area contributed by atoms with E-state index in [0.29, 0.717) is 30.3 Å². The Balaban J connectivity index is 1.55. The number of benzene rings is 4. The van der Waals surface area contributed by atoms with Crippen LogP contribution in [-0.2, 0) is 17.9 Å². The molecule has 0 bridgehead atoms. The van der Waals surface area contributed by atoms with Crippen LogP contribution in [0.15, 0.2) is 84.9 Å². The number of carbonyl (C=O) groups is 1. The van der Waals surface area contributed by atoms with Crippen LogP contribution < -0.4 is 10.1 Å². The summed E-state index contributed by atoms with van der Waals surface area (Å²) in [4.78, 5) is 11.9. The van der Waals surface area contributed by atoms with E-state index < -0.39 is 0 Å². The molecule has 1 N–H and O–H groups in total. The third-order valence-corrected chi connectivity index (χ3v) is 5.38. The maximum Gasteiger partial charge on any atom is 0.338 e. The molecule has 0 aliphatic heterocycles. The van der Waals surface area contributed by atoms with E-state index in [2.05, 4.69) is 23.5 Å². The Hall–Kier alpha value is -3.50. The summed E-state index contributed by atoms with van der Waals surface area (Å²) in [7, 11) is 0. The van der Waals surface area contributed by atoms with Crippen molar-refractivity contribution in [2.45, 2.75) is 20.1 Å². The van der Waals surface area contributed by atoms with Crippen molar-refractivity contribution in [1.29, 1.82) is 0 Å². The third kappa shape index (κ3) is 5.21. The van der Waals surface area contributed by atoms with Crippen molar-refractivity contribution in [3.8, 4) is 5.75 Å². The molecule has 4 aromatic carbocycles. The molecule has 4 rings (SSSR count). The number of anilines is 1. The SMILES string of the molecule is CCOC(=O)c1ccc(NCc2c(OCc3cccc(Cl)c3)ccc3ccccc23)cc1. The second-order valence-corrected chi connectivity index (χ2v) is 7.77. The smallest absolute Gasteiger partial charge is 0.338 e. The Labute approximate surface area is 192 Å². The Kier molecular flexibility index (Phi) is 6.93. The van der Waals surface area contributed by atoms with Gasteiger partial charge in [-0.05, 0) is 65.7 Å². The van der Waals surface area contributed by atoms with Crippen LogP contribution in [0.1, 0.15) is 28.4 Å². The van der Waals surface area contributed by atoms with Gasteiger partial charge in [-0.3, -0.25) is 0 Å². The van der Waals surface area contributed by atoms with Crippen molar-refractivity contribution in [1.82, 2.24) is 0 Å². The summed E-state index contributed by atoms with van der Waals surface area (Å²) in [5.74, 6) is 0.504. The molecule has 0 saturated heterocycles. The fourth-order valence-electron chi connectivity index (χ4n) is 3.55.